The molecule has 1 aromatic rings. The van der Waals surface area contributed by atoms with Crippen molar-refractivity contribution in [2.45, 2.75) is 51.2 Å². The topological polar surface area (TPSA) is 119 Å². The van der Waals surface area contributed by atoms with Crippen LogP contribution < -0.4 is 10.2 Å². The summed E-state index contributed by atoms with van der Waals surface area (Å²) in [5.41, 5.74) is 0.608. The molecule has 6 rings (SSSR count). The molecule has 34 heavy (non-hydrogen) atoms. The smallest absolute Gasteiger partial charge is 0.320 e. The van der Waals surface area contributed by atoms with E-state index in [9.17, 15) is 9.90 Å². The number of aromatic nitrogens is 1. The van der Waals surface area contributed by atoms with Gasteiger partial charge in [-0.2, -0.15) is 0 Å². The lowest BCUT2D eigenvalue weighted by atomic mass is 9.57. The first-order valence-corrected chi connectivity index (χ1v) is 12.5. The monoisotopic (exact) mass is 465 g/mol. The van der Waals surface area contributed by atoms with Gasteiger partial charge in [0.1, 0.15) is 17.5 Å². The molecule has 0 aromatic carbocycles. The van der Waals surface area contributed by atoms with E-state index in [2.05, 4.69) is 21.3 Å². The molecule has 3 saturated heterocycles. The number of carbonyl (C=O) groups excluding carboxylic acids is 1. The molecule has 2 saturated carbocycles. The SMILES string of the molecule is CC(C)(O)C1CN(c2ccc(C3CN3C(=O)N3CC4(CC(C(=N)NC(=N)C5CC5)C4)C3)cn2)C1. The molecule has 4 N–H and O–H groups in total. The molecular weight excluding hydrogens is 430 g/mol. The van der Waals surface area contributed by atoms with Crippen molar-refractivity contribution in [3.05, 3.63) is 23.9 Å². The van der Waals surface area contributed by atoms with Gasteiger partial charge in [0, 0.05) is 62.1 Å². The highest BCUT2D eigenvalue weighted by Gasteiger charge is 2.57. The van der Waals surface area contributed by atoms with Gasteiger partial charge in [-0.1, -0.05) is 6.07 Å². The molecule has 1 spiro atoms. The number of amidine groups is 2. The number of hydrogen-bond acceptors (Lipinski definition) is 6. The Labute approximate surface area is 200 Å². The maximum Gasteiger partial charge on any atom is 0.320 e. The Balaban J connectivity index is 0.946. The van der Waals surface area contributed by atoms with E-state index in [-0.39, 0.29) is 29.3 Å². The molecule has 9 nitrogen and oxygen atoms in total. The summed E-state index contributed by atoms with van der Waals surface area (Å²) in [6, 6.07) is 4.33. The van der Waals surface area contributed by atoms with Gasteiger partial charge in [0.05, 0.1) is 11.6 Å². The van der Waals surface area contributed by atoms with E-state index in [0.717, 1.165) is 69.8 Å². The Hall–Kier alpha value is -2.68. The largest absolute Gasteiger partial charge is 0.390 e. The average Bonchev–Trinajstić information content (AvgIpc) is 3.57. The molecule has 4 heterocycles. The number of nitrogens with zero attached hydrogens (tertiary/aromatic N) is 4. The second kappa shape index (κ2) is 7.41. The average molecular weight is 466 g/mol. The molecule has 9 heteroatoms. The zero-order chi connectivity index (χ0) is 23.8. The molecule has 3 aliphatic heterocycles. The fraction of sp³-hybridized carbons (Fsp3) is 0.680. The Bertz CT molecular complexity index is 1010. The van der Waals surface area contributed by atoms with Crippen LogP contribution in [0.15, 0.2) is 18.3 Å². The zero-order valence-corrected chi connectivity index (χ0v) is 20.0. The first-order chi connectivity index (χ1) is 16.1. The van der Waals surface area contributed by atoms with Crippen LogP contribution >= 0.6 is 0 Å². The molecule has 5 fully saturated rings. The van der Waals surface area contributed by atoms with Gasteiger partial charge >= 0.3 is 6.03 Å². The fourth-order valence-corrected chi connectivity index (χ4v) is 5.78. The summed E-state index contributed by atoms with van der Waals surface area (Å²) in [6.07, 6.45) is 5.92. The van der Waals surface area contributed by atoms with Gasteiger partial charge in [-0.05, 0) is 51.2 Å². The predicted octanol–water partition coefficient (Wildman–Crippen LogP) is 2.43. The van der Waals surface area contributed by atoms with Crippen LogP contribution in [0.1, 0.15) is 51.1 Å². The van der Waals surface area contributed by atoms with Crippen LogP contribution in [-0.2, 0) is 0 Å². The number of hydrogen-bond donors (Lipinski definition) is 4. The van der Waals surface area contributed by atoms with Crippen molar-refractivity contribution in [3.8, 4) is 0 Å². The Kier molecular flexibility index (Phi) is 4.76. The van der Waals surface area contributed by atoms with Gasteiger partial charge in [-0.3, -0.25) is 10.8 Å². The molecule has 0 radical (unpaired) electrons. The first kappa shape index (κ1) is 21.8. The summed E-state index contributed by atoms with van der Waals surface area (Å²) in [7, 11) is 0. The normalized spacial score (nSPS) is 26.0. The highest BCUT2D eigenvalue weighted by Crippen LogP contribution is 2.53. The highest BCUT2D eigenvalue weighted by molar-refractivity contribution is 6.01. The second-order valence-corrected chi connectivity index (χ2v) is 11.8. The van der Waals surface area contributed by atoms with Crippen LogP contribution in [0.4, 0.5) is 10.6 Å². The van der Waals surface area contributed by atoms with Gasteiger partial charge in [0.2, 0.25) is 0 Å². The van der Waals surface area contributed by atoms with Gasteiger partial charge in [0.15, 0.2) is 0 Å². The molecule has 182 valence electrons. The second-order valence-electron chi connectivity index (χ2n) is 11.8. The zero-order valence-electron chi connectivity index (χ0n) is 20.0. The van der Waals surface area contributed by atoms with Crippen molar-refractivity contribution in [2.24, 2.45) is 23.2 Å². The number of nitrogens with one attached hydrogen (secondary N) is 3. The van der Waals surface area contributed by atoms with Crippen LogP contribution in [-0.4, -0.2) is 75.9 Å². The van der Waals surface area contributed by atoms with Gasteiger partial charge in [-0.25, -0.2) is 9.78 Å². The lowest BCUT2D eigenvalue weighted by molar-refractivity contribution is -0.0551. The summed E-state index contributed by atoms with van der Waals surface area (Å²) in [5.74, 6) is 2.76. The number of aliphatic hydroxyl groups is 1. The van der Waals surface area contributed by atoms with Crippen LogP contribution in [0.3, 0.4) is 0 Å². The summed E-state index contributed by atoms with van der Waals surface area (Å²) < 4.78 is 0. The molecule has 1 aromatic heterocycles. The van der Waals surface area contributed by atoms with Crippen molar-refractivity contribution < 1.29 is 9.90 Å². The van der Waals surface area contributed by atoms with Crippen LogP contribution in [0.5, 0.6) is 0 Å². The third-order valence-corrected chi connectivity index (χ3v) is 8.56. The number of amides is 2. The van der Waals surface area contributed by atoms with E-state index in [0.29, 0.717) is 17.6 Å². The van der Waals surface area contributed by atoms with E-state index >= 15 is 0 Å². The Morgan fingerprint density at radius 2 is 1.79 bits per heavy atom. The number of urea groups is 1. The maximum atomic E-state index is 12.9. The molecule has 1 unspecified atom stereocenters. The molecule has 0 bridgehead atoms. The first-order valence-electron chi connectivity index (χ1n) is 12.5. The minimum absolute atomic E-state index is 0.114. The molecule has 1 atom stereocenters. The van der Waals surface area contributed by atoms with E-state index in [1.165, 1.54) is 0 Å². The van der Waals surface area contributed by atoms with E-state index in [1.54, 1.807) is 0 Å². The fourth-order valence-electron chi connectivity index (χ4n) is 5.78. The molecule has 5 aliphatic rings. The predicted molar refractivity (Wildman–Crippen MR) is 129 cm³/mol. The summed E-state index contributed by atoms with van der Waals surface area (Å²) in [5, 5.41) is 29.3. The van der Waals surface area contributed by atoms with E-state index in [1.807, 2.05) is 35.9 Å². The highest BCUT2D eigenvalue weighted by atomic mass is 16.3. The Morgan fingerprint density at radius 1 is 1.12 bits per heavy atom. The third kappa shape index (κ3) is 3.83. The Morgan fingerprint density at radius 3 is 2.38 bits per heavy atom. The number of pyridine rings is 1. The number of likely N-dealkylation sites (tertiary alicyclic amines) is 1. The summed E-state index contributed by atoms with van der Waals surface area (Å²) in [6.45, 7) is 7.67. The van der Waals surface area contributed by atoms with Crippen molar-refractivity contribution >= 4 is 23.5 Å². The lowest BCUT2D eigenvalue weighted by Crippen LogP contribution is -2.66. The molecular formula is C25H35N7O2. The maximum absolute atomic E-state index is 12.9. The van der Waals surface area contributed by atoms with E-state index in [4.69, 9.17) is 10.8 Å². The summed E-state index contributed by atoms with van der Waals surface area (Å²) in [4.78, 5) is 23.6. The molecule has 2 amide bonds. The van der Waals surface area contributed by atoms with E-state index < -0.39 is 5.60 Å². The van der Waals surface area contributed by atoms with Crippen molar-refractivity contribution in [2.75, 3.05) is 37.6 Å². The van der Waals surface area contributed by atoms with Gasteiger partial charge in [0.25, 0.3) is 0 Å². The minimum Gasteiger partial charge on any atom is -0.390 e. The quantitative estimate of drug-likeness (QED) is 0.303. The number of carbonyl (C=O) groups is 1. The third-order valence-electron chi connectivity index (χ3n) is 8.56. The van der Waals surface area contributed by atoms with Gasteiger partial charge < -0.3 is 25.1 Å². The van der Waals surface area contributed by atoms with Crippen molar-refractivity contribution in [1.82, 2.24) is 20.1 Å². The lowest BCUT2D eigenvalue weighted by Gasteiger charge is -2.59. The van der Waals surface area contributed by atoms with Crippen molar-refractivity contribution in [1.29, 1.82) is 10.8 Å². The molecule has 2 aliphatic carbocycles. The van der Waals surface area contributed by atoms with Crippen LogP contribution in [0.25, 0.3) is 0 Å². The van der Waals surface area contributed by atoms with Gasteiger partial charge in [-0.15, -0.1) is 0 Å². The van der Waals surface area contributed by atoms with Crippen molar-refractivity contribution in [3.63, 3.8) is 0 Å². The standard InChI is InChI=1S/C25H35N7O2/c1-24(2,34)18-10-30(11-18)20-6-5-16(9-28-20)19-12-32(19)23(33)31-13-25(14-31)7-17(8-25)22(27)29-21(26)15-3-4-15/h5-6,9,15,17-19,34H,3-4,7-8,10-14H2,1-2H3,(H3,26,27,29). The minimum atomic E-state index is -0.653. The summed E-state index contributed by atoms with van der Waals surface area (Å²) >= 11 is 0. The van der Waals surface area contributed by atoms with Crippen LogP contribution in [0.2, 0.25) is 0 Å². The van der Waals surface area contributed by atoms with Crippen LogP contribution in [0, 0.1) is 34.0 Å². The number of anilines is 1. The number of rotatable bonds is 5.